The summed E-state index contributed by atoms with van der Waals surface area (Å²) in [5.74, 6) is 0.0168. The van der Waals surface area contributed by atoms with Crippen LogP contribution in [-0.2, 0) is 4.79 Å². The Morgan fingerprint density at radius 3 is 2.19 bits per heavy atom. The monoisotopic (exact) mass is 228 g/mol. The quantitative estimate of drug-likeness (QED) is 0.570. The number of nitrogens with two attached hydrogens (primary N) is 1. The maximum atomic E-state index is 12.3. The average Bonchev–Trinajstić information content (AvgIpc) is 2.87. The van der Waals surface area contributed by atoms with Gasteiger partial charge in [0.1, 0.15) is 0 Å². The van der Waals surface area contributed by atoms with Crippen LogP contribution in [0.4, 0.5) is 0 Å². The van der Waals surface area contributed by atoms with E-state index in [1.807, 2.05) is 0 Å². The minimum absolute atomic E-state index is 0.0168. The number of hydrogen-bond acceptors (Lipinski definition) is 4. The highest BCUT2D eigenvalue weighted by molar-refractivity contribution is 5.83. The first kappa shape index (κ1) is 11.8. The van der Waals surface area contributed by atoms with Crippen LogP contribution >= 0.6 is 0 Å². The molecule has 16 heavy (non-hydrogen) atoms. The lowest BCUT2D eigenvalue weighted by atomic mass is 9.85. The molecule has 1 aliphatic carbocycles. The number of carbonyl (C=O) groups excluding carboxylic acids is 1. The smallest absolute Gasteiger partial charge is 0.230 e. The summed E-state index contributed by atoms with van der Waals surface area (Å²) in [6.07, 6.45) is 2.15. The highest BCUT2D eigenvalue weighted by Crippen LogP contribution is 2.39. The van der Waals surface area contributed by atoms with Crippen LogP contribution in [0.1, 0.15) is 25.7 Å². The van der Waals surface area contributed by atoms with Crippen LogP contribution in [0, 0.1) is 5.41 Å². The Labute approximate surface area is 95.2 Å². The van der Waals surface area contributed by atoms with Gasteiger partial charge in [0.15, 0.2) is 0 Å². The van der Waals surface area contributed by atoms with Crippen molar-refractivity contribution in [1.82, 2.24) is 4.90 Å². The standard InChI is InChI=1S/C11H20N2O3/c12-7-11(3-1-2-4-11)10(16)13-5-8(14)9(15)6-13/h8-9,14-15H,1-7,12H2. The van der Waals surface area contributed by atoms with Gasteiger partial charge in [0.2, 0.25) is 5.91 Å². The van der Waals surface area contributed by atoms with Crippen LogP contribution in [-0.4, -0.2) is 52.9 Å². The van der Waals surface area contributed by atoms with Gasteiger partial charge < -0.3 is 20.8 Å². The van der Waals surface area contributed by atoms with Crippen LogP contribution in [0.15, 0.2) is 0 Å². The molecule has 1 amide bonds. The zero-order valence-corrected chi connectivity index (χ0v) is 9.43. The first-order valence-electron chi connectivity index (χ1n) is 5.95. The minimum atomic E-state index is -0.805. The minimum Gasteiger partial charge on any atom is -0.388 e. The predicted octanol–water partition coefficient (Wildman–Crippen LogP) is -0.930. The third-order valence-corrected chi connectivity index (χ3v) is 3.95. The Morgan fingerprint density at radius 1 is 1.25 bits per heavy atom. The highest BCUT2D eigenvalue weighted by Gasteiger charge is 2.45. The number of aliphatic hydroxyl groups excluding tert-OH is 2. The Bertz CT molecular complexity index is 266. The van der Waals surface area contributed by atoms with Crippen LogP contribution in [0.3, 0.4) is 0 Å². The summed E-state index contributed by atoms with van der Waals surface area (Å²) in [5.41, 5.74) is 5.31. The van der Waals surface area contributed by atoms with Crippen LogP contribution in [0.25, 0.3) is 0 Å². The van der Waals surface area contributed by atoms with E-state index in [-0.39, 0.29) is 19.0 Å². The lowest BCUT2D eigenvalue weighted by Gasteiger charge is -2.30. The molecule has 0 spiro atoms. The van der Waals surface area contributed by atoms with Gasteiger partial charge in [-0.1, -0.05) is 12.8 Å². The fraction of sp³-hybridized carbons (Fsp3) is 0.909. The molecule has 2 aliphatic rings. The molecular weight excluding hydrogens is 208 g/mol. The highest BCUT2D eigenvalue weighted by atomic mass is 16.3. The van der Waals surface area contributed by atoms with Crippen molar-refractivity contribution in [1.29, 1.82) is 0 Å². The van der Waals surface area contributed by atoms with E-state index in [1.165, 1.54) is 0 Å². The lowest BCUT2D eigenvalue weighted by Crippen LogP contribution is -2.46. The van der Waals surface area contributed by atoms with E-state index in [0.717, 1.165) is 25.7 Å². The van der Waals surface area contributed by atoms with Crippen molar-refractivity contribution in [3.63, 3.8) is 0 Å². The Hall–Kier alpha value is -0.650. The Morgan fingerprint density at radius 2 is 1.75 bits per heavy atom. The van der Waals surface area contributed by atoms with E-state index < -0.39 is 17.6 Å². The SMILES string of the molecule is NCC1(C(=O)N2CC(O)C(O)C2)CCCC1. The van der Waals surface area contributed by atoms with Gasteiger partial charge in [0, 0.05) is 19.6 Å². The second kappa shape index (κ2) is 4.31. The normalized spacial score (nSPS) is 33.3. The molecule has 0 aromatic carbocycles. The molecule has 5 heteroatoms. The molecule has 0 radical (unpaired) electrons. The lowest BCUT2D eigenvalue weighted by molar-refractivity contribution is -0.140. The summed E-state index contributed by atoms with van der Waals surface area (Å²) in [7, 11) is 0. The predicted molar refractivity (Wildman–Crippen MR) is 58.5 cm³/mol. The number of likely N-dealkylation sites (tertiary alicyclic amines) is 1. The van der Waals surface area contributed by atoms with Crippen molar-refractivity contribution < 1.29 is 15.0 Å². The van der Waals surface area contributed by atoms with Gasteiger partial charge in [0.25, 0.3) is 0 Å². The van der Waals surface area contributed by atoms with Crippen molar-refractivity contribution in [2.75, 3.05) is 19.6 Å². The van der Waals surface area contributed by atoms with Crippen molar-refractivity contribution >= 4 is 5.91 Å². The largest absolute Gasteiger partial charge is 0.388 e. The third-order valence-electron chi connectivity index (χ3n) is 3.95. The molecule has 92 valence electrons. The van der Waals surface area contributed by atoms with Gasteiger partial charge in [-0.25, -0.2) is 0 Å². The van der Waals surface area contributed by atoms with Crippen molar-refractivity contribution in [3.05, 3.63) is 0 Å². The average molecular weight is 228 g/mol. The van der Waals surface area contributed by atoms with E-state index in [0.29, 0.717) is 6.54 Å². The topological polar surface area (TPSA) is 86.8 Å². The second-order valence-corrected chi connectivity index (χ2v) is 5.04. The number of carbonyl (C=O) groups is 1. The third kappa shape index (κ3) is 1.83. The molecule has 0 aromatic rings. The fourth-order valence-electron chi connectivity index (χ4n) is 2.83. The van der Waals surface area contributed by atoms with Gasteiger partial charge in [-0.3, -0.25) is 4.79 Å². The summed E-state index contributed by atoms with van der Waals surface area (Å²) in [5, 5.41) is 18.9. The van der Waals surface area contributed by atoms with Crippen LogP contribution in [0.5, 0.6) is 0 Å². The molecule has 4 N–H and O–H groups in total. The van der Waals surface area contributed by atoms with Gasteiger partial charge in [-0.2, -0.15) is 0 Å². The Balaban J connectivity index is 2.07. The molecule has 1 heterocycles. The van der Waals surface area contributed by atoms with Crippen molar-refractivity contribution in [2.24, 2.45) is 11.1 Å². The first-order chi connectivity index (χ1) is 7.59. The number of aliphatic hydroxyl groups is 2. The number of β-amino-alcohol motifs (C(OH)–C–C–N with tert-alkyl or cyclic N) is 2. The first-order valence-corrected chi connectivity index (χ1v) is 5.95. The molecule has 1 saturated carbocycles. The maximum Gasteiger partial charge on any atom is 0.230 e. The summed E-state index contributed by atoms with van der Waals surface area (Å²) < 4.78 is 0. The van der Waals surface area contributed by atoms with E-state index in [4.69, 9.17) is 5.73 Å². The zero-order chi connectivity index (χ0) is 11.8. The van der Waals surface area contributed by atoms with Crippen molar-refractivity contribution in [3.8, 4) is 0 Å². The molecule has 2 atom stereocenters. The van der Waals surface area contributed by atoms with Gasteiger partial charge >= 0.3 is 0 Å². The van der Waals surface area contributed by atoms with E-state index in [9.17, 15) is 15.0 Å². The zero-order valence-electron chi connectivity index (χ0n) is 9.43. The molecule has 2 rings (SSSR count). The van der Waals surface area contributed by atoms with Gasteiger partial charge in [-0.05, 0) is 12.8 Å². The van der Waals surface area contributed by atoms with Crippen LogP contribution in [0.2, 0.25) is 0 Å². The molecule has 2 fully saturated rings. The molecule has 0 bridgehead atoms. The summed E-state index contributed by atoms with van der Waals surface area (Å²) in [6, 6.07) is 0. The number of nitrogens with zero attached hydrogens (tertiary/aromatic N) is 1. The van der Waals surface area contributed by atoms with Crippen LogP contribution < -0.4 is 5.73 Å². The van der Waals surface area contributed by atoms with E-state index in [1.54, 1.807) is 4.90 Å². The number of rotatable bonds is 2. The Kier molecular flexibility index (Phi) is 3.19. The molecule has 2 unspecified atom stereocenters. The van der Waals surface area contributed by atoms with E-state index >= 15 is 0 Å². The number of hydrogen-bond donors (Lipinski definition) is 3. The van der Waals surface area contributed by atoms with Crippen molar-refractivity contribution in [2.45, 2.75) is 37.9 Å². The second-order valence-electron chi connectivity index (χ2n) is 5.04. The fourth-order valence-corrected chi connectivity index (χ4v) is 2.83. The molecule has 1 saturated heterocycles. The molecule has 0 aromatic heterocycles. The summed E-state index contributed by atoms with van der Waals surface area (Å²) >= 11 is 0. The molecule has 5 nitrogen and oxygen atoms in total. The van der Waals surface area contributed by atoms with E-state index in [2.05, 4.69) is 0 Å². The molecular formula is C11H20N2O3. The summed E-state index contributed by atoms with van der Waals surface area (Å²) in [6.45, 7) is 0.845. The summed E-state index contributed by atoms with van der Waals surface area (Å²) in [4.78, 5) is 13.9. The number of amides is 1. The molecule has 1 aliphatic heterocycles. The maximum absolute atomic E-state index is 12.3. The van der Waals surface area contributed by atoms with Gasteiger partial charge in [-0.15, -0.1) is 0 Å². The van der Waals surface area contributed by atoms with Gasteiger partial charge in [0.05, 0.1) is 17.6 Å².